The topological polar surface area (TPSA) is 25.8 Å². The van der Waals surface area contributed by atoms with Gasteiger partial charge in [-0.05, 0) is 55.2 Å². The first kappa shape index (κ1) is 17.9. The van der Waals surface area contributed by atoms with Crippen LogP contribution in [0.1, 0.15) is 28.8 Å². The summed E-state index contributed by atoms with van der Waals surface area (Å²) in [6.45, 7) is 0. The van der Waals surface area contributed by atoms with E-state index < -0.39 is 0 Å². The summed E-state index contributed by atoms with van der Waals surface area (Å²) in [7, 11) is 0. The van der Waals surface area contributed by atoms with E-state index in [0.717, 1.165) is 27.0 Å². The molecule has 0 unspecified atom stereocenters. The number of thiophene rings is 1. The van der Waals surface area contributed by atoms with Crippen molar-refractivity contribution in [3.8, 4) is 0 Å². The molecule has 1 aliphatic carbocycles. The van der Waals surface area contributed by atoms with Gasteiger partial charge in [0.2, 0.25) is 0 Å². The zero-order chi connectivity index (χ0) is 17.4. The van der Waals surface area contributed by atoms with E-state index in [9.17, 15) is 0 Å². The molecule has 0 radical (unpaired) electrons. The maximum absolute atomic E-state index is 6.33. The van der Waals surface area contributed by atoms with Gasteiger partial charge in [0.05, 0.1) is 0 Å². The molecule has 130 valence electrons. The number of thioether (sulfide) groups is 2. The Morgan fingerprint density at radius 3 is 2.64 bits per heavy atom. The molecule has 0 saturated heterocycles. The maximum atomic E-state index is 6.33. The third kappa shape index (κ3) is 3.54. The summed E-state index contributed by atoms with van der Waals surface area (Å²) in [6.07, 6.45) is 6.86. The van der Waals surface area contributed by atoms with Crippen molar-refractivity contribution in [1.29, 1.82) is 0 Å². The molecule has 0 N–H and O–H groups in total. The van der Waals surface area contributed by atoms with Crippen molar-refractivity contribution in [3.05, 3.63) is 44.2 Å². The summed E-state index contributed by atoms with van der Waals surface area (Å²) >= 11 is 17.8. The Morgan fingerprint density at radius 1 is 1.12 bits per heavy atom. The van der Waals surface area contributed by atoms with E-state index in [1.54, 1.807) is 23.5 Å². The van der Waals surface area contributed by atoms with Crippen molar-refractivity contribution in [1.82, 2.24) is 9.97 Å². The van der Waals surface area contributed by atoms with Crippen LogP contribution in [0, 0.1) is 0 Å². The lowest BCUT2D eigenvalue weighted by Gasteiger charge is -2.12. The molecule has 0 spiro atoms. The number of halogens is 2. The van der Waals surface area contributed by atoms with E-state index in [1.807, 2.05) is 35.8 Å². The molecule has 0 amide bonds. The second-order valence-corrected chi connectivity index (χ2v) is 9.53. The van der Waals surface area contributed by atoms with Crippen LogP contribution in [0.3, 0.4) is 0 Å². The van der Waals surface area contributed by atoms with Crippen molar-refractivity contribution >= 4 is 68.3 Å². The Bertz CT molecular complexity index is 919. The number of hydrogen-bond donors (Lipinski definition) is 0. The molecule has 25 heavy (non-hydrogen) atoms. The van der Waals surface area contributed by atoms with E-state index >= 15 is 0 Å². The highest BCUT2D eigenvalue weighted by atomic mass is 35.5. The van der Waals surface area contributed by atoms with Crippen LogP contribution in [0.4, 0.5) is 0 Å². The highest BCUT2D eigenvalue weighted by Crippen LogP contribution is 2.42. The zero-order valence-electron chi connectivity index (χ0n) is 13.6. The molecule has 3 aromatic rings. The van der Waals surface area contributed by atoms with Crippen molar-refractivity contribution in [3.63, 3.8) is 0 Å². The van der Waals surface area contributed by atoms with Gasteiger partial charge in [0.15, 0.2) is 5.16 Å². The maximum Gasteiger partial charge on any atom is 0.189 e. The number of aryl methyl sites for hydroxylation is 2. The fourth-order valence-corrected chi connectivity index (χ4v) is 6.72. The van der Waals surface area contributed by atoms with Gasteiger partial charge >= 0.3 is 0 Å². The summed E-state index contributed by atoms with van der Waals surface area (Å²) in [5, 5.41) is 4.57. The lowest BCUT2D eigenvalue weighted by Crippen LogP contribution is -1.99. The molecule has 2 aromatic heterocycles. The Morgan fingerprint density at radius 2 is 1.88 bits per heavy atom. The van der Waals surface area contributed by atoms with Crippen LogP contribution in [-0.4, -0.2) is 16.2 Å². The quantitative estimate of drug-likeness (QED) is 0.257. The average molecular weight is 427 g/mol. The summed E-state index contributed by atoms with van der Waals surface area (Å²) in [5.74, 6) is 0.711. The van der Waals surface area contributed by atoms with Gasteiger partial charge in [-0.25, -0.2) is 9.97 Å². The summed E-state index contributed by atoms with van der Waals surface area (Å²) in [4.78, 5) is 12.2. The first-order valence-corrected chi connectivity index (χ1v) is 11.9. The molecule has 2 heterocycles. The zero-order valence-corrected chi connectivity index (χ0v) is 17.6. The summed E-state index contributed by atoms with van der Waals surface area (Å²) in [5.41, 5.74) is 2.43. The molecule has 1 aromatic carbocycles. The average Bonchev–Trinajstić information content (AvgIpc) is 2.99. The number of benzene rings is 1. The van der Waals surface area contributed by atoms with Gasteiger partial charge in [-0.1, -0.05) is 41.0 Å². The number of aromatic nitrogens is 2. The van der Waals surface area contributed by atoms with Crippen LogP contribution in [0.25, 0.3) is 10.2 Å². The highest BCUT2D eigenvalue weighted by molar-refractivity contribution is 7.99. The van der Waals surface area contributed by atoms with Crippen molar-refractivity contribution < 1.29 is 0 Å². The second-order valence-electron chi connectivity index (χ2n) is 5.90. The minimum atomic E-state index is 0.711. The lowest BCUT2D eigenvalue weighted by atomic mass is 9.97. The molecule has 0 aliphatic heterocycles. The van der Waals surface area contributed by atoms with Crippen LogP contribution in [0.5, 0.6) is 0 Å². The van der Waals surface area contributed by atoms with E-state index in [1.165, 1.54) is 35.1 Å². The van der Waals surface area contributed by atoms with Crippen LogP contribution >= 0.6 is 58.1 Å². The lowest BCUT2D eigenvalue weighted by molar-refractivity contribution is 0.699. The Kier molecular flexibility index (Phi) is 5.49. The van der Waals surface area contributed by atoms with E-state index in [0.29, 0.717) is 15.8 Å². The molecule has 1 aliphatic rings. The fraction of sp³-hybridized carbons (Fsp3) is 0.333. The Balaban J connectivity index is 1.76. The number of hydrogen-bond acceptors (Lipinski definition) is 5. The van der Waals surface area contributed by atoms with E-state index in [2.05, 4.69) is 0 Å². The van der Waals surface area contributed by atoms with Crippen molar-refractivity contribution in [2.75, 3.05) is 6.26 Å². The predicted molar refractivity (Wildman–Crippen MR) is 112 cm³/mol. The van der Waals surface area contributed by atoms with Gasteiger partial charge in [0.25, 0.3) is 0 Å². The smallest absolute Gasteiger partial charge is 0.189 e. The van der Waals surface area contributed by atoms with Gasteiger partial charge in [-0.15, -0.1) is 23.1 Å². The monoisotopic (exact) mass is 426 g/mol. The molecular formula is C18H16Cl2N2S3. The van der Waals surface area contributed by atoms with Crippen molar-refractivity contribution in [2.24, 2.45) is 0 Å². The molecule has 2 nitrogen and oxygen atoms in total. The third-order valence-corrected chi connectivity index (χ3v) is 7.80. The predicted octanol–water partition coefficient (Wildman–Crippen LogP) is 6.89. The second kappa shape index (κ2) is 7.65. The van der Waals surface area contributed by atoms with Crippen LogP contribution in [0.15, 0.2) is 28.4 Å². The Hall–Kier alpha value is -0.460. The first-order chi connectivity index (χ1) is 12.2. The minimum absolute atomic E-state index is 0.711. The van der Waals surface area contributed by atoms with Crippen LogP contribution < -0.4 is 0 Å². The molecule has 0 atom stereocenters. The summed E-state index contributed by atoms with van der Waals surface area (Å²) in [6, 6.07) is 5.65. The molecule has 4 rings (SSSR count). The summed E-state index contributed by atoms with van der Waals surface area (Å²) < 4.78 is 0. The van der Waals surface area contributed by atoms with Crippen LogP contribution in [-0.2, 0) is 18.6 Å². The fourth-order valence-electron chi connectivity index (χ4n) is 3.11. The van der Waals surface area contributed by atoms with E-state index in [4.69, 9.17) is 33.2 Å². The Labute approximate surface area is 169 Å². The number of fused-ring (bicyclic) bond motifs is 3. The van der Waals surface area contributed by atoms with Gasteiger partial charge in [-0.2, -0.15) is 0 Å². The van der Waals surface area contributed by atoms with E-state index in [-0.39, 0.29) is 0 Å². The molecule has 0 fully saturated rings. The van der Waals surface area contributed by atoms with Gasteiger partial charge in [-0.3, -0.25) is 0 Å². The van der Waals surface area contributed by atoms with Crippen LogP contribution in [0.2, 0.25) is 10.0 Å². The van der Waals surface area contributed by atoms with Crippen molar-refractivity contribution in [2.45, 2.75) is 41.6 Å². The highest BCUT2D eigenvalue weighted by Gasteiger charge is 2.21. The SMILES string of the molecule is CSc1nc(SCc2c(Cl)cccc2Cl)c2c3c(sc2n1)CCCC3. The molecule has 7 heteroatoms. The van der Waals surface area contributed by atoms with Gasteiger partial charge in [0.1, 0.15) is 9.86 Å². The first-order valence-electron chi connectivity index (χ1n) is 8.09. The van der Waals surface area contributed by atoms with Gasteiger partial charge in [0, 0.05) is 26.1 Å². The third-order valence-electron chi connectivity index (χ3n) is 4.36. The number of nitrogens with zero attached hydrogens (tertiary/aromatic N) is 2. The van der Waals surface area contributed by atoms with Gasteiger partial charge < -0.3 is 0 Å². The molecule has 0 saturated carbocycles. The largest absolute Gasteiger partial charge is 0.215 e. The number of rotatable bonds is 4. The normalized spacial score (nSPS) is 14.0. The minimum Gasteiger partial charge on any atom is -0.215 e. The molecular weight excluding hydrogens is 411 g/mol. The molecule has 0 bridgehead atoms. The standard InChI is InChI=1S/C18H16Cl2N2S3/c1-23-18-21-16(24-9-11-12(19)6-4-7-13(11)20)15-10-5-2-3-8-14(10)25-17(15)22-18/h4,6-7H,2-3,5,8-9H2,1H3.